The van der Waals surface area contributed by atoms with Gasteiger partial charge in [0.2, 0.25) is 11.8 Å². The zero-order chi connectivity index (χ0) is 29.4. The van der Waals surface area contributed by atoms with E-state index in [2.05, 4.69) is 5.32 Å². The number of aliphatic hydroxyl groups excluding tert-OH is 1. The molecule has 3 aromatic carbocycles. The summed E-state index contributed by atoms with van der Waals surface area (Å²) < 4.78 is 5.60. The number of carbonyl (C=O) groups is 3. The Labute approximate surface area is 236 Å². The number of fused-ring (bicyclic) bond motifs is 1. The molecule has 3 aromatic rings. The van der Waals surface area contributed by atoms with E-state index in [1.54, 1.807) is 41.8 Å². The molecule has 0 fully saturated rings. The Kier molecular flexibility index (Phi) is 10.3. The summed E-state index contributed by atoms with van der Waals surface area (Å²) in [6, 6.07) is 21.5. The molecule has 0 unspecified atom stereocenters. The first-order chi connectivity index (χ1) is 18.9. The Morgan fingerprint density at radius 3 is 2.05 bits per heavy atom. The van der Waals surface area contributed by atoms with Crippen LogP contribution in [0.2, 0.25) is 0 Å². The van der Waals surface area contributed by atoms with Crippen molar-refractivity contribution in [3.63, 3.8) is 0 Å². The quantitative estimate of drug-likeness (QED) is 0.397. The monoisotopic (exact) mass is 547 g/mol. The number of rotatable bonds is 10. The summed E-state index contributed by atoms with van der Waals surface area (Å²) in [5.74, 6) is -0.778. The number of hydrogen-bond acceptors (Lipinski definition) is 5. The number of carbonyl (C=O) groups excluding carboxylic acids is 3. The van der Waals surface area contributed by atoms with Crippen molar-refractivity contribution < 1.29 is 24.2 Å². The normalized spacial score (nSPS) is 13.7. The van der Waals surface area contributed by atoms with Crippen LogP contribution in [-0.2, 0) is 27.2 Å². The molecule has 8 nitrogen and oxygen atoms in total. The van der Waals surface area contributed by atoms with Gasteiger partial charge in [-0.05, 0) is 49.6 Å². The summed E-state index contributed by atoms with van der Waals surface area (Å²) in [6.07, 6.45) is -0.857. The van der Waals surface area contributed by atoms with Crippen molar-refractivity contribution >= 4 is 28.7 Å². The topological polar surface area (TPSA) is 99.2 Å². The highest BCUT2D eigenvalue weighted by Gasteiger charge is 2.36. The molecule has 2 N–H and O–H groups in total. The Morgan fingerprint density at radius 2 is 1.43 bits per heavy atom. The lowest BCUT2D eigenvalue weighted by Gasteiger charge is -2.35. The first-order valence-electron chi connectivity index (χ1n) is 13.6. The van der Waals surface area contributed by atoms with Crippen molar-refractivity contribution in [2.24, 2.45) is 0 Å². The van der Waals surface area contributed by atoms with Crippen LogP contribution in [0.4, 0.5) is 4.79 Å². The number of nitrogens with zero attached hydrogens (tertiary/aromatic N) is 2. The molecule has 0 saturated carbocycles. The molecule has 40 heavy (non-hydrogen) atoms. The smallest absolute Gasteiger partial charge is 0.410 e. The van der Waals surface area contributed by atoms with E-state index in [0.717, 1.165) is 21.9 Å². The largest absolute Gasteiger partial charge is 0.444 e. The second-order valence-corrected chi connectivity index (χ2v) is 11.2. The van der Waals surface area contributed by atoms with Crippen molar-refractivity contribution in [2.45, 2.75) is 64.3 Å². The van der Waals surface area contributed by atoms with Crippen LogP contribution in [0.3, 0.4) is 0 Å². The van der Waals surface area contributed by atoms with Crippen molar-refractivity contribution in [1.29, 1.82) is 0 Å². The predicted octanol–water partition coefficient (Wildman–Crippen LogP) is 4.18. The highest BCUT2D eigenvalue weighted by molar-refractivity contribution is 5.92. The lowest BCUT2D eigenvalue weighted by atomic mass is 9.98. The number of hydrogen-bond donors (Lipinski definition) is 2. The minimum Gasteiger partial charge on any atom is -0.444 e. The van der Waals surface area contributed by atoms with Crippen LogP contribution in [0, 0.1) is 0 Å². The molecule has 214 valence electrons. The molecule has 0 radical (unpaired) electrons. The van der Waals surface area contributed by atoms with E-state index in [0.29, 0.717) is 0 Å². The molecule has 0 heterocycles. The van der Waals surface area contributed by atoms with Gasteiger partial charge in [0.25, 0.3) is 0 Å². The molecule has 3 atom stereocenters. The predicted molar refractivity (Wildman–Crippen MR) is 157 cm³/mol. The molecule has 0 saturated heterocycles. The Morgan fingerprint density at radius 1 is 0.825 bits per heavy atom. The van der Waals surface area contributed by atoms with E-state index < -0.39 is 35.8 Å². The van der Waals surface area contributed by atoms with Crippen molar-refractivity contribution in [3.8, 4) is 0 Å². The van der Waals surface area contributed by atoms with E-state index in [4.69, 9.17) is 4.74 Å². The summed E-state index contributed by atoms with van der Waals surface area (Å²) in [5, 5.41) is 14.6. The van der Waals surface area contributed by atoms with Gasteiger partial charge in [0.05, 0.1) is 6.10 Å². The third-order valence-electron chi connectivity index (χ3n) is 6.64. The number of aliphatic hydroxyl groups is 1. The van der Waals surface area contributed by atoms with Crippen LogP contribution in [0.25, 0.3) is 10.8 Å². The van der Waals surface area contributed by atoms with Gasteiger partial charge in [-0.3, -0.25) is 14.5 Å². The third-order valence-corrected chi connectivity index (χ3v) is 6.64. The number of nitrogens with one attached hydrogen (secondary N) is 1. The molecule has 0 spiro atoms. The maximum Gasteiger partial charge on any atom is 0.410 e. The van der Waals surface area contributed by atoms with Gasteiger partial charge >= 0.3 is 6.09 Å². The van der Waals surface area contributed by atoms with Gasteiger partial charge in [0.1, 0.15) is 17.7 Å². The van der Waals surface area contributed by atoms with E-state index >= 15 is 0 Å². The zero-order valence-corrected chi connectivity index (χ0v) is 24.3. The molecule has 8 heteroatoms. The van der Waals surface area contributed by atoms with Crippen LogP contribution >= 0.6 is 0 Å². The molecular formula is C32H41N3O5. The summed E-state index contributed by atoms with van der Waals surface area (Å²) in [7, 11) is 3.12. The highest BCUT2D eigenvalue weighted by Crippen LogP contribution is 2.21. The Balaban J connectivity index is 1.95. The minimum atomic E-state index is -0.927. The summed E-state index contributed by atoms with van der Waals surface area (Å²) in [4.78, 5) is 43.3. The third kappa shape index (κ3) is 8.55. The maximum atomic E-state index is 14.1. The fourth-order valence-electron chi connectivity index (χ4n) is 4.44. The van der Waals surface area contributed by atoms with Gasteiger partial charge in [0.15, 0.2) is 0 Å². The van der Waals surface area contributed by atoms with Gasteiger partial charge in [-0.25, -0.2) is 4.79 Å². The van der Waals surface area contributed by atoms with E-state index in [9.17, 15) is 19.5 Å². The van der Waals surface area contributed by atoms with Gasteiger partial charge in [-0.15, -0.1) is 0 Å². The van der Waals surface area contributed by atoms with E-state index in [-0.39, 0.29) is 25.3 Å². The van der Waals surface area contributed by atoms with Crippen LogP contribution in [0.5, 0.6) is 0 Å². The molecule has 0 bridgehead atoms. The lowest BCUT2D eigenvalue weighted by Crippen LogP contribution is -2.56. The minimum absolute atomic E-state index is 0.0600. The molecule has 3 rings (SSSR count). The van der Waals surface area contributed by atoms with Crippen LogP contribution in [-0.4, -0.2) is 77.2 Å². The van der Waals surface area contributed by atoms with Gasteiger partial charge in [0, 0.05) is 33.5 Å². The summed E-state index contributed by atoms with van der Waals surface area (Å²) >= 11 is 0. The van der Waals surface area contributed by atoms with Crippen molar-refractivity contribution in [3.05, 3.63) is 83.9 Å². The average molecular weight is 548 g/mol. The van der Waals surface area contributed by atoms with E-state index in [1.807, 2.05) is 72.8 Å². The second kappa shape index (κ2) is 13.4. The summed E-state index contributed by atoms with van der Waals surface area (Å²) in [6.45, 7) is 6.95. The molecule has 0 aliphatic heterocycles. The SMILES string of the molecule is C[C@H](O)CNC(=O)[C@@H](Cc1ccccc1)N(C)C(=O)[C@@H](Cc1ccc2ccccc2c1)N(C)C(=O)OC(C)(C)C. The molecule has 0 aliphatic rings. The van der Waals surface area contributed by atoms with Crippen molar-refractivity contribution in [1.82, 2.24) is 15.1 Å². The first kappa shape index (κ1) is 30.6. The molecule has 3 amide bonds. The molecule has 0 aliphatic carbocycles. The molecule has 0 aromatic heterocycles. The van der Waals surface area contributed by atoms with Gasteiger partial charge in [-0.1, -0.05) is 72.8 Å². The Hall–Kier alpha value is -3.91. The summed E-state index contributed by atoms with van der Waals surface area (Å²) in [5.41, 5.74) is 1.01. The standard InChI is InChI=1S/C32H41N3O5/c1-22(36)21-33-29(37)27(19-23-12-8-7-9-13-23)34(5)30(38)28(35(6)31(39)40-32(2,3)4)20-24-16-17-25-14-10-11-15-26(25)18-24/h7-18,22,27-28,36H,19-21H2,1-6H3,(H,33,37)/t22-,27+,28+/m0/s1. The van der Waals surface area contributed by atoms with Gasteiger partial charge in [-0.2, -0.15) is 0 Å². The zero-order valence-electron chi connectivity index (χ0n) is 24.3. The van der Waals surface area contributed by atoms with E-state index in [1.165, 1.54) is 9.80 Å². The van der Waals surface area contributed by atoms with Crippen LogP contribution < -0.4 is 5.32 Å². The number of benzene rings is 3. The number of likely N-dealkylation sites (N-methyl/N-ethyl adjacent to an activating group) is 2. The second-order valence-electron chi connectivity index (χ2n) is 11.2. The fraction of sp³-hybridized carbons (Fsp3) is 0.406. The number of amides is 3. The maximum absolute atomic E-state index is 14.1. The highest BCUT2D eigenvalue weighted by atomic mass is 16.6. The van der Waals surface area contributed by atoms with Crippen LogP contribution in [0.1, 0.15) is 38.8 Å². The van der Waals surface area contributed by atoms with Crippen molar-refractivity contribution in [2.75, 3.05) is 20.6 Å². The first-order valence-corrected chi connectivity index (χ1v) is 13.6. The Bertz CT molecular complexity index is 1300. The lowest BCUT2D eigenvalue weighted by molar-refractivity contribution is -0.142. The molecular weight excluding hydrogens is 506 g/mol. The van der Waals surface area contributed by atoms with Crippen LogP contribution in [0.15, 0.2) is 72.8 Å². The van der Waals surface area contributed by atoms with Gasteiger partial charge < -0.3 is 20.1 Å². The number of ether oxygens (including phenoxy) is 1. The fourth-order valence-corrected chi connectivity index (χ4v) is 4.44. The average Bonchev–Trinajstić information content (AvgIpc) is 2.91.